The van der Waals surface area contributed by atoms with Gasteiger partial charge in [0, 0.05) is 0 Å². The monoisotopic (exact) mass is 227 g/mol. The highest BCUT2D eigenvalue weighted by atomic mass is 16.5. The number of rotatable bonds is 5. The van der Waals surface area contributed by atoms with Crippen LogP contribution in [0.3, 0.4) is 0 Å². The summed E-state index contributed by atoms with van der Waals surface area (Å²) in [6, 6.07) is 0. The van der Waals surface area contributed by atoms with Crippen molar-refractivity contribution >= 4 is 11.8 Å². The number of hydrogen-bond acceptors (Lipinski definition) is 4. The Labute approximate surface area is 96.9 Å². The predicted molar refractivity (Wildman–Crippen MR) is 61.2 cm³/mol. The van der Waals surface area contributed by atoms with E-state index in [1.165, 1.54) is 12.8 Å². The van der Waals surface area contributed by atoms with Gasteiger partial charge < -0.3 is 4.74 Å². The Kier molecular flexibility index (Phi) is 6.08. The van der Waals surface area contributed by atoms with Crippen LogP contribution in [-0.4, -0.2) is 42.9 Å². The first-order valence-electron chi connectivity index (χ1n) is 6.12. The molecule has 16 heavy (non-hydrogen) atoms. The fourth-order valence-electron chi connectivity index (χ4n) is 1.97. The van der Waals surface area contributed by atoms with Crippen molar-refractivity contribution in [3.63, 3.8) is 0 Å². The molecule has 1 aliphatic heterocycles. The first kappa shape index (κ1) is 13.2. The Bertz CT molecular complexity index is 232. The van der Waals surface area contributed by atoms with Crippen LogP contribution < -0.4 is 0 Å². The summed E-state index contributed by atoms with van der Waals surface area (Å²) in [6.45, 7) is 4.45. The number of esters is 1. The molecule has 0 atom stereocenters. The minimum atomic E-state index is -0.401. The Morgan fingerprint density at radius 3 is 2.31 bits per heavy atom. The lowest BCUT2D eigenvalue weighted by Gasteiger charge is -2.18. The van der Waals surface area contributed by atoms with E-state index in [1.807, 2.05) is 0 Å². The highest BCUT2D eigenvalue weighted by Crippen LogP contribution is 2.09. The van der Waals surface area contributed by atoms with Crippen molar-refractivity contribution in [2.45, 2.75) is 39.0 Å². The SMILES string of the molecule is CCOC(=O)CC(=O)CN1CCCCCC1. The number of ketones is 1. The van der Waals surface area contributed by atoms with E-state index in [-0.39, 0.29) is 12.2 Å². The van der Waals surface area contributed by atoms with E-state index in [2.05, 4.69) is 4.90 Å². The topological polar surface area (TPSA) is 46.6 Å². The molecule has 0 aromatic heterocycles. The zero-order valence-electron chi connectivity index (χ0n) is 10.0. The molecule has 4 nitrogen and oxygen atoms in total. The fraction of sp³-hybridized carbons (Fsp3) is 0.833. The van der Waals surface area contributed by atoms with Crippen LogP contribution in [0.5, 0.6) is 0 Å². The second-order valence-electron chi connectivity index (χ2n) is 4.21. The van der Waals surface area contributed by atoms with E-state index < -0.39 is 5.97 Å². The molecule has 0 aliphatic carbocycles. The third-order valence-electron chi connectivity index (χ3n) is 2.75. The third kappa shape index (κ3) is 5.26. The fourth-order valence-corrected chi connectivity index (χ4v) is 1.97. The Morgan fingerprint density at radius 1 is 1.12 bits per heavy atom. The number of hydrogen-bond donors (Lipinski definition) is 0. The standard InChI is InChI=1S/C12H21NO3/c1-2-16-12(15)9-11(14)10-13-7-5-3-4-6-8-13/h2-10H2,1H3. The van der Waals surface area contributed by atoms with Gasteiger partial charge in [0.25, 0.3) is 0 Å². The molecule has 92 valence electrons. The Hall–Kier alpha value is -0.900. The lowest BCUT2D eigenvalue weighted by Crippen LogP contribution is -2.31. The van der Waals surface area contributed by atoms with Gasteiger partial charge in [-0.05, 0) is 32.9 Å². The van der Waals surface area contributed by atoms with Crippen LogP contribution in [0.25, 0.3) is 0 Å². The largest absolute Gasteiger partial charge is 0.466 e. The van der Waals surface area contributed by atoms with E-state index in [4.69, 9.17) is 4.74 Å². The maximum absolute atomic E-state index is 11.6. The van der Waals surface area contributed by atoms with E-state index in [1.54, 1.807) is 6.92 Å². The van der Waals surface area contributed by atoms with Gasteiger partial charge in [0.15, 0.2) is 5.78 Å². The van der Waals surface area contributed by atoms with Gasteiger partial charge in [-0.3, -0.25) is 14.5 Å². The van der Waals surface area contributed by atoms with Gasteiger partial charge in [0.1, 0.15) is 6.42 Å². The summed E-state index contributed by atoms with van der Waals surface area (Å²) < 4.78 is 4.75. The lowest BCUT2D eigenvalue weighted by molar-refractivity contribution is -0.145. The van der Waals surface area contributed by atoms with E-state index in [0.717, 1.165) is 25.9 Å². The van der Waals surface area contributed by atoms with Gasteiger partial charge in [-0.1, -0.05) is 12.8 Å². The van der Waals surface area contributed by atoms with Crippen molar-refractivity contribution in [2.24, 2.45) is 0 Å². The van der Waals surface area contributed by atoms with Crippen LogP contribution in [0.1, 0.15) is 39.0 Å². The summed E-state index contributed by atoms with van der Waals surface area (Å²) >= 11 is 0. The number of carbonyl (C=O) groups excluding carboxylic acids is 2. The number of nitrogens with zero attached hydrogens (tertiary/aromatic N) is 1. The van der Waals surface area contributed by atoms with Crippen LogP contribution in [-0.2, 0) is 14.3 Å². The normalized spacial score (nSPS) is 17.8. The highest BCUT2D eigenvalue weighted by molar-refractivity contribution is 5.96. The smallest absolute Gasteiger partial charge is 0.313 e. The summed E-state index contributed by atoms with van der Waals surface area (Å²) in [5.74, 6) is -0.428. The van der Waals surface area contributed by atoms with Crippen molar-refractivity contribution in [1.29, 1.82) is 0 Å². The van der Waals surface area contributed by atoms with Gasteiger partial charge in [-0.25, -0.2) is 0 Å². The molecule has 0 spiro atoms. The minimum absolute atomic E-state index is 0.0275. The molecular formula is C12H21NO3. The molecule has 0 aromatic rings. The molecule has 1 fully saturated rings. The molecule has 0 N–H and O–H groups in total. The van der Waals surface area contributed by atoms with Crippen LogP contribution in [0.2, 0.25) is 0 Å². The molecule has 0 saturated carbocycles. The van der Waals surface area contributed by atoms with Crippen LogP contribution in [0.4, 0.5) is 0 Å². The number of carbonyl (C=O) groups is 2. The molecule has 0 unspecified atom stereocenters. The van der Waals surface area contributed by atoms with E-state index >= 15 is 0 Å². The zero-order chi connectivity index (χ0) is 11.8. The first-order valence-corrected chi connectivity index (χ1v) is 6.12. The zero-order valence-corrected chi connectivity index (χ0v) is 10.0. The molecular weight excluding hydrogens is 206 g/mol. The van der Waals surface area contributed by atoms with Crippen LogP contribution in [0, 0.1) is 0 Å². The average Bonchev–Trinajstić information content (AvgIpc) is 2.46. The van der Waals surface area contributed by atoms with Crippen molar-refractivity contribution in [3.8, 4) is 0 Å². The number of ether oxygens (including phenoxy) is 1. The van der Waals surface area contributed by atoms with Gasteiger partial charge in [-0.15, -0.1) is 0 Å². The second-order valence-corrected chi connectivity index (χ2v) is 4.21. The van der Waals surface area contributed by atoms with Gasteiger partial charge in [-0.2, -0.15) is 0 Å². The summed E-state index contributed by atoms with van der Waals surface area (Å²) in [7, 11) is 0. The molecule has 1 heterocycles. The lowest BCUT2D eigenvalue weighted by atomic mass is 10.2. The minimum Gasteiger partial charge on any atom is -0.466 e. The number of Topliss-reactive ketones (excluding diaryl/α,β-unsaturated/α-hetero) is 1. The van der Waals surface area contributed by atoms with Gasteiger partial charge >= 0.3 is 5.97 Å². The number of likely N-dealkylation sites (tertiary alicyclic amines) is 1. The summed E-state index contributed by atoms with van der Waals surface area (Å²) in [5, 5.41) is 0. The van der Waals surface area contributed by atoms with E-state index in [0.29, 0.717) is 13.2 Å². The van der Waals surface area contributed by atoms with Crippen molar-refractivity contribution < 1.29 is 14.3 Å². The Balaban J connectivity index is 2.24. The second kappa shape index (κ2) is 7.39. The van der Waals surface area contributed by atoms with Gasteiger partial charge in [0.05, 0.1) is 13.2 Å². The summed E-state index contributed by atoms with van der Waals surface area (Å²) in [6.07, 6.45) is 4.74. The third-order valence-corrected chi connectivity index (χ3v) is 2.75. The molecule has 0 amide bonds. The molecule has 1 saturated heterocycles. The van der Waals surface area contributed by atoms with Crippen molar-refractivity contribution in [2.75, 3.05) is 26.2 Å². The summed E-state index contributed by atoms with van der Waals surface area (Å²) in [5.41, 5.74) is 0. The highest BCUT2D eigenvalue weighted by Gasteiger charge is 2.15. The molecule has 4 heteroatoms. The average molecular weight is 227 g/mol. The molecule has 0 bridgehead atoms. The molecule has 1 rings (SSSR count). The maximum Gasteiger partial charge on any atom is 0.313 e. The Morgan fingerprint density at radius 2 is 1.75 bits per heavy atom. The maximum atomic E-state index is 11.6. The molecule has 0 radical (unpaired) electrons. The predicted octanol–water partition coefficient (Wildman–Crippen LogP) is 1.38. The quantitative estimate of drug-likeness (QED) is 0.526. The molecule has 0 aromatic carbocycles. The summed E-state index contributed by atoms with van der Waals surface area (Å²) in [4.78, 5) is 24.8. The van der Waals surface area contributed by atoms with Crippen LogP contribution >= 0.6 is 0 Å². The van der Waals surface area contributed by atoms with Crippen molar-refractivity contribution in [3.05, 3.63) is 0 Å². The molecule has 1 aliphatic rings. The van der Waals surface area contributed by atoms with Crippen LogP contribution in [0.15, 0.2) is 0 Å². The first-order chi connectivity index (χ1) is 7.72. The van der Waals surface area contributed by atoms with E-state index in [9.17, 15) is 9.59 Å². The van der Waals surface area contributed by atoms with Gasteiger partial charge in [0.2, 0.25) is 0 Å². The van der Waals surface area contributed by atoms with Crippen molar-refractivity contribution in [1.82, 2.24) is 4.90 Å².